The van der Waals surface area contributed by atoms with Crippen LogP contribution >= 0.6 is 31.1 Å². The van der Waals surface area contributed by atoms with Gasteiger partial charge >= 0.3 is 0 Å². The molecule has 0 unspecified atom stereocenters. The lowest BCUT2D eigenvalue weighted by atomic mass is 9.33. The Bertz CT molecular complexity index is 1930. The minimum Gasteiger partial charge on any atom is -0.0843 e. The zero-order chi connectivity index (χ0) is 32.2. The highest BCUT2D eigenvalue weighted by Gasteiger charge is 2.30. The molecule has 0 spiro atoms. The zero-order valence-electron chi connectivity index (χ0n) is 26.5. The van der Waals surface area contributed by atoms with Gasteiger partial charge in [0.1, 0.15) is 0 Å². The van der Waals surface area contributed by atoms with Crippen LogP contribution in [0, 0.1) is 39.5 Å². The maximum absolute atomic E-state index is 6.54. The number of benzene rings is 6. The van der Waals surface area contributed by atoms with Crippen molar-refractivity contribution in [3.63, 3.8) is 0 Å². The molecular formula is C42H34BCl2P. The number of rotatable bonds is 6. The first-order chi connectivity index (χ1) is 22.3. The van der Waals surface area contributed by atoms with E-state index < -0.39 is 7.92 Å². The highest BCUT2D eigenvalue weighted by molar-refractivity contribution is 7.80. The van der Waals surface area contributed by atoms with E-state index in [-0.39, 0.29) is 6.71 Å². The van der Waals surface area contributed by atoms with Crippen molar-refractivity contribution in [2.75, 3.05) is 0 Å². The summed E-state index contributed by atoms with van der Waals surface area (Å²) in [6.07, 6.45) is 0. The molecule has 0 amide bonds. The molecule has 0 N–H and O–H groups in total. The molecule has 0 aromatic heterocycles. The summed E-state index contributed by atoms with van der Waals surface area (Å²) in [5, 5.41) is 5.37. The molecule has 6 rings (SSSR count). The molecule has 0 aliphatic rings. The predicted molar refractivity (Wildman–Crippen MR) is 204 cm³/mol. The van der Waals surface area contributed by atoms with Gasteiger partial charge in [-0.1, -0.05) is 171 Å². The minimum absolute atomic E-state index is 0.0407. The summed E-state index contributed by atoms with van der Waals surface area (Å²) in [7, 11) is -0.791. The summed E-state index contributed by atoms with van der Waals surface area (Å²) in [4.78, 5) is 0. The van der Waals surface area contributed by atoms with E-state index >= 15 is 0 Å². The Kier molecular flexibility index (Phi) is 9.82. The third-order valence-electron chi connectivity index (χ3n) is 8.47. The van der Waals surface area contributed by atoms with Crippen molar-refractivity contribution in [2.45, 2.75) is 27.7 Å². The fourth-order valence-electron chi connectivity index (χ4n) is 6.56. The number of hydrogen-bond acceptors (Lipinski definition) is 0. The van der Waals surface area contributed by atoms with Gasteiger partial charge in [-0.15, -0.1) is 0 Å². The van der Waals surface area contributed by atoms with E-state index in [0.29, 0.717) is 0 Å². The van der Waals surface area contributed by atoms with Gasteiger partial charge in [0, 0.05) is 26.5 Å². The van der Waals surface area contributed by atoms with Crippen molar-refractivity contribution >= 4 is 70.1 Å². The maximum Gasteiger partial charge on any atom is 0.244 e. The molecule has 0 saturated heterocycles. The second kappa shape index (κ2) is 14.2. The van der Waals surface area contributed by atoms with Gasteiger partial charge in [0.2, 0.25) is 6.71 Å². The van der Waals surface area contributed by atoms with Gasteiger partial charge in [-0.05, 0) is 82.6 Å². The van der Waals surface area contributed by atoms with Crippen LogP contribution in [-0.4, -0.2) is 6.71 Å². The molecule has 6 aromatic rings. The Labute approximate surface area is 285 Å². The number of halogens is 2. The molecule has 0 radical (unpaired) electrons. The van der Waals surface area contributed by atoms with E-state index in [1.807, 2.05) is 0 Å². The smallest absolute Gasteiger partial charge is 0.0843 e. The standard InChI is InChI=1S/C42H34BCl2P/c1-29-25-35(44)26-30(2)41(29)43(42-31(3)27-36(45)28-32(42)4)39-21-13-11-15-33(39)23-24-34-16-12-14-22-40(34)46(37-17-7-5-8-18-37)38-19-9-6-10-20-38/h5-22,25-28H,1-4H3. The van der Waals surface area contributed by atoms with Gasteiger partial charge in [-0.25, -0.2) is 0 Å². The molecule has 0 fully saturated rings. The zero-order valence-corrected chi connectivity index (χ0v) is 28.9. The fourth-order valence-corrected chi connectivity index (χ4v) is 9.62. The highest BCUT2D eigenvalue weighted by atomic mass is 35.5. The summed E-state index contributed by atoms with van der Waals surface area (Å²) in [6, 6.07) is 47.0. The Morgan fingerprint density at radius 2 is 0.870 bits per heavy atom. The fraction of sp³-hybridized carbons (Fsp3) is 0.0952. The van der Waals surface area contributed by atoms with Crippen molar-refractivity contribution < 1.29 is 0 Å². The topological polar surface area (TPSA) is 0 Å². The molecule has 0 atom stereocenters. The molecular weight excluding hydrogens is 617 g/mol. The summed E-state index contributed by atoms with van der Waals surface area (Å²) in [5.41, 5.74) is 10.4. The van der Waals surface area contributed by atoms with Crippen molar-refractivity contribution in [3.05, 3.63) is 177 Å². The Morgan fingerprint density at radius 3 is 1.37 bits per heavy atom. The second-order valence-corrected chi connectivity index (χ2v) is 14.8. The Balaban J connectivity index is 1.54. The van der Waals surface area contributed by atoms with E-state index in [0.717, 1.165) is 43.4 Å². The summed E-state index contributed by atoms with van der Waals surface area (Å²) >= 11 is 13.1. The van der Waals surface area contributed by atoms with Crippen molar-refractivity contribution in [2.24, 2.45) is 0 Å². The van der Waals surface area contributed by atoms with Gasteiger partial charge in [-0.2, -0.15) is 0 Å². The van der Waals surface area contributed by atoms with E-state index in [9.17, 15) is 0 Å². The molecule has 0 aliphatic heterocycles. The highest BCUT2D eigenvalue weighted by Crippen LogP contribution is 2.33. The third kappa shape index (κ3) is 6.72. The van der Waals surface area contributed by atoms with Crippen LogP contribution in [0.25, 0.3) is 0 Å². The third-order valence-corrected chi connectivity index (χ3v) is 11.4. The van der Waals surface area contributed by atoms with E-state index in [2.05, 4.69) is 173 Å². The lowest BCUT2D eigenvalue weighted by Crippen LogP contribution is -2.56. The summed E-state index contributed by atoms with van der Waals surface area (Å²) in [5.74, 6) is 7.31. The van der Waals surface area contributed by atoms with E-state index in [1.54, 1.807) is 0 Å². The number of hydrogen-bond donors (Lipinski definition) is 0. The lowest BCUT2D eigenvalue weighted by molar-refractivity contribution is 1.40. The van der Waals surface area contributed by atoms with Crippen molar-refractivity contribution in [1.82, 2.24) is 0 Å². The van der Waals surface area contributed by atoms with Crippen LogP contribution < -0.4 is 32.3 Å². The molecule has 0 saturated carbocycles. The SMILES string of the molecule is Cc1cc(Cl)cc(C)c1B(c1ccccc1C#Cc1ccccc1P(c1ccccc1)c1ccccc1)c1c(C)cc(Cl)cc1C. The lowest BCUT2D eigenvalue weighted by Gasteiger charge is -2.25. The van der Waals surface area contributed by atoms with Crippen LogP contribution in [0.3, 0.4) is 0 Å². The van der Waals surface area contributed by atoms with Crippen molar-refractivity contribution in [1.29, 1.82) is 0 Å². The van der Waals surface area contributed by atoms with Crippen LogP contribution in [-0.2, 0) is 0 Å². The first-order valence-electron chi connectivity index (χ1n) is 15.5. The van der Waals surface area contributed by atoms with Gasteiger partial charge < -0.3 is 0 Å². The Hall–Kier alpha value is -4.05. The van der Waals surface area contributed by atoms with Crippen LogP contribution in [0.2, 0.25) is 10.0 Å². The van der Waals surface area contributed by atoms with Crippen LogP contribution in [0.15, 0.2) is 133 Å². The van der Waals surface area contributed by atoms with Crippen molar-refractivity contribution in [3.8, 4) is 11.8 Å². The van der Waals surface area contributed by atoms with Crippen LogP contribution in [0.4, 0.5) is 0 Å². The normalized spacial score (nSPS) is 10.8. The van der Waals surface area contributed by atoms with Crippen LogP contribution in [0.1, 0.15) is 33.4 Å². The van der Waals surface area contributed by atoms with E-state index in [1.165, 1.54) is 32.3 Å². The molecule has 6 aromatic carbocycles. The van der Waals surface area contributed by atoms with Gasteiger partial charge in [0.25, 0.3) is 0 Å². The van der Waals surface area contributed by atoms with Gasteiger partial charge in [0.05, 0.1) is 0 Å². The van der Waals surface area contributed by atoms with E-state index in [4.69, 9.17) is 23.2 Å². The monoisotopic (exact) mass is 650 g/mol. The quantitative estimate of drug-likeness (QED) is 0.0977. The second-order valence-electron chi connectivity index (χ2n) is 11.7. The average Bonchev–Trinajstić information content (AvgIpc) is 3.04. The summed E-state index contributed by atoms with van der Waals surface area (Å²) in [6.45, 7) is 8.58. The largest absolute Gasteiger partial charge is 0.244 e. The molecule has 0 heterocycles. The maximum atomic E-state index is 6.54. The predicted octanol–water partition coefficient (Wildman–Crippen LogP) is 7.90. The molecule has 224 valence electrons. The molecule has 4 heteroatoms. The molecule has 0 nitrogen and oxygen atoms in total. The molecule has 0 bridgehead atoms. The van der Waals surface area contributed by atoms with Crippen LogP contribution in [0.5, 0.6) is 0 Å². The minimum atomic E-state index is -0.791. The first kappa shape index (κ1) is 31.9. The Morgan fingerprint density at radius 1 is 0.478 bits per heavy atom. The first-order valence-corrected chi connectivity index (χ1v) is 17.5. The average molecular weight is 651 g/mol. The van der Waals surface area contributed by atoms with Gasteiger partial charge in [0.15, 0.2) is 0 Å². The molecule has 46 heavy (non-hydrogen) atoms. The molecule has 0 aliphatic carbocycles. The number of aryl methyl sites for hydroxylation is 4. The van der Waals surface area contributed by atoms with Gasteiger partial charge in [-0.3, -0.25) is 0 Å². The summed E-state index contributed by atoms with van der Waals surface area (Å²) < 4.78 is 0.